The van der Waals surface area contributed by atoms with Crippen molar-refractivity contribution in [2.24, 2.45) is 0 Å². The van der Waals surface area contributed by atoms with E-state index in [0.29, 0.717) is 13.0 Å². The number of para-hydroxylation sites is 1. The van der Waals surface area contributed by atoms with E-state index in [1.54, 1.807) is 11.3 Å². The number of carbonyl (C=O) groups excluding carboxylic acids is 1. The molecule has 0 radical (unpaired) electrons. The lowest BCUT2D eigenvalue weighted by Gasteiger charge is -2.34. The van der Waals surface area contributed by atoms with Crippen LogP contribution < -0.4 is 10.1 Å². The predicted octanol–water partition coefficient (Wildman–Crippen LogP) is 2.24. The first-order valence-corrected chi connectivity index (χ1v) is 9.57. The molecule has 1 saturated heterocycles. The summed E-state index contributed by atoms with van der Waals surface area (Å²) in [5, 5.41) is 5.19. The Morgan fingerprint density at radius 1 is 1.24 bits per heavy atom. The largest absolute Gasteiger partial charge is 0.480 e. The summed E-state index contributed by atoms with van der Waals surface area (Å²) >= 11 is 1.73. The van der Waals surface area contributed by atoms with E-state index in [2.05, 4.69) is 27.7 Å². The number of rotatable bonds is 5. The minimum absolute atomic E-state index is 0.0361. The van der Waals surface area contributed by atoms with E-state index in [9.17, 15) is 4.79 Å². The van der Waals surface area contributed by atoms with Crippen molar-refractivity contribution >= 4 is 17.2 Å². The molecule has 2 atom stereocenters. The SMILES string of the molecule is O=C(NC[C@H](c1cccs1)N1CCOCC1)[C@H]1Cc2ccccc2O1. The Labute approximate surface area is 151 Å². The second-order valence-corrected chi connectivity index (χ2v) is 7.32. The summed E-state index contributed by atoms with van der Waals surface area (Å²) in [4.78, 5) is 16.3. The Morgan fingerprint density at radius 3 is 2.84 bits per heavy atom. The number of fused-ring (bicyclic) bond motifs is 1. The summed E-state index contributed by atoms with van der Waals surface area (Å²) in [6.07, 6.45) is 0.217. The van der Waals surface area contributed by atoms with Crippen LogP contribution in [0.4, 0.5) is 0 Å². The molecule has 2 aliphatic heterocycles. The third kappa shape index (κ3) is 3.71. The zero-order valence-electron chi connectivity index (χ0n) is 14.0. The molecule has 1 amide bonds. The van der Waals surface area contributed by atoms with Crippen LogP contribution in [0.1, 0.15) is 16.5 Å². The molecule has 1 aromatic carbocycles. The van der Waals surface area contributed by atoms with Gasteiger partial charge in [0.05, 0.1) is 19.3 Å². The van der Waals surface area contributed by atoms with Crippen molar-refractivity contribution in [2.75, 3.05) is 32.8 Å². The molecule has 6 heteroatoms. The average molecular weight is 358 g/mol. The van der Waals surface area contributed by atoms with Crippen molar-refractivity contribution in [1.82, 2.24) is 10.2 Å². The topological polar surface area (TPSA) is 50.8 Å². The molecule has 2 aliphatic rings. The van der Waals surface area contributed by atoms with E-state index in [0.717, 1.165) is 37.6 Å². The number of hydrogen-bond donors (Lipinski definition) is 1. The van der Waals surface area contributed by atoms with Gasteiger partial charge in [0.1, 0.15) is 5.75 Å². The molecule has 0 spiro atoms. The predicted molar refractivity (Wildman–Crippen MR) is 97.0 cm³/mol. The lowest BCUT2D eigenvalue weighted by molar-refractivity contribution is -0.127. The summed E-state index contributed by atoms with van der Waals surface area (Å²) in [6.45, 7) is 3.87. The molecular formula is C19H22N2O3S. The van der Waals surface area contributed by atoms with Crippen LogP contribution >= 0.6 is 11.3 Å². The van der Waals surface area contributed by atoms with E-state index in [-0.39, 0.29) is 11.9 Å². The maximum absolute atomic E-state index is 12.6. The number of morpholine rings is 1. The molecular weight excluding hydrogens is 336 g/mol. The van der Waals surface area contributed by atoms with Gasteiger partial charge < -0.3 is 14.8 Å². The number of hydrogen-bond acceptors (Lipinski definition) is 5. The third-order valence-corrected chi connectivity index (χ3v) is 5.74. The number of carbonyl (C=O) groups is 1. The van der Waals surface area contributed by atoms with Crippen molar-refractivity contribution in [2.45, 2.75) is 18.6 Å². The molecule has 132 valence electrons. The van der Waals surface area contributed by atoms with Crippen molar-refractivity contribution in [3.63, 3.8) is 0 Å². The van der Waals surface area contributed by atoms with Gasteiger partial charge in [-0.1, -0.05) is 24.3 Å². The maximum atomic E-state index is 12.6. The van der Waals surface area contributed by atoms with Crippen LogP contribution in [0.2, 0.25) is 0 Å². The van der Waals surface area contributed by atoms with E-state index in [4.69, 9.17) is 9.47 Å². The van der Waals surface area contributed by atoms with Crippen molar-refractivity contribution < 1.29 is 14.3 Å². The summed E-state index contributed by atoms with van der Waals surface area (Å²) < 4.78 is 11.3. The van der Waals surface area contributed by atoms with E-state index in [1.807, 2.05) is 24.3 Å². The minimum atomic E-state index is -0.425. The second kappa shape index (κ2) is 7.56. The highest BCUT2D eigenvalue weighted by Crippen LogP contribution is 2.29. The first kappa shape index (κ1) is 16.6. The Morgan fingerprint density at radius 2 is 2.08 bits per heavy atom. The van der Waals surface area contributed by atoms with Gasteiger partial charge >= 0.3 is 0 Å². The molecule has 1 aromatic heterocycles. The van der Waals surface area contributed by atoms with Crippen LogP contribution in [0.15, 0.2) is 41.8 Å². The molecule has 0 bridgehead atoms. The molecule has 4 rings (SSSR count). The molecule has 3 heterocycles. The first-order chi connectivity index (χ1) is 12.3. The standard InChI is InChI=1S/C19H22N2O3S/c22-19(17-12-14-4-1-2-5-16(14)24-17)20-13-15(18-6-3-11-25-18)21-7-9-23-10-8-21/h1-6,11,15,17H,7-10,12-13H2,(H,20,22)/t15-,17-/m1/s1. The average Bonchev–Trinajstić information content (AvgIpc) is 3.32. The zero-order valence-corrected chi connectivity index (χ0v) is 14.8. The Bertz CT molecular complexity index is 688. The Balaban J connectivity index is 1.39. The zero-order chi connectivity index (χ0) is 17.1. The Hall–Kier alpha value is -1.89. The van der Waals surface area contributed by atoms with Gasteiger partial charge in [-0.15, -0.1) is 11.3 Å². The lowest BCUT2D eigenvalue weighted by atomic mass is 10.1. The number of amides is 1. The van der Waals surface area contributed by atoms with Crippen LogP contribution in [0.3, 0.4) is 0 Å². The number of thiophene rings is 1. The van der Waals surface area contributed by atoms with Crippen LogP contribution in [0, 0.1) is 0 Å². The van der Waals surface area contributed by atoms with Crippen molar-refractivity contribution in [3.8, 4) is 5.75 Å². The fraction of sp³-hybridized carbons (Fsp3) is 0.421. The highest BCUT2D eigenvalue weighted by atomic mass is 32.1. The maximum Gasteiger partial charge on any atom is 0.261 e. The van der Waals surface area contributed by atoms with Gasteiger partial charge in [0.15, 0.2) is 6.10 Å². The monoisotopic (exact) mass is 358 g/mol. The third-order valence-electron chi connectivity index (χ3n) is 4.77. The van der Waals surface area contributed by atoms with Crippen molar-refractivity contribution in [3.05, 3.63) is 52.2 Å². The minimum Gasteiger partial charge on any atom is -0.480 e. The van der Waals surface area contributed by atoms with Crippen LogP contribution in [0.5, 0.6) is 5.75 Å². The molecule has 5 nitrogen and oxygen atoms in total. The molecule has 2 aromatic rings. The summed E-state index contributed by atoms with van der Waals surface area (Å²) in [5.41, 5.74) is 1.10. The highest BCUT2D eigenvalue weighted by Gasteiger charge is 2.30. The van der Waals surface area contributed by atoms with Gasteiger partial charge in [-0.2, -0.15) is 0 Å². The first-order valence-electron chi connectivity index (χ1n) is 8.69. The van der Waals surface area contributed by atoms with Gasteiger partial charge in [-0.3, -0.25) is 9.69 Å². The fourth-order valence-corrected chi connectivity index (χ4v) is 4.28. The van der Waals surface area contributed by atoms with E-state index >= 15 is 0 Å². The van der Waals surface area contributed by atoms with Gasteiger partial charge in [-0.05, 0) is 23.1 Å². The van der Waals surface area contributed by atoms with E-state index in [1.165, 1.54) is 4.88 Å². The number of nitrogens with one attached hydrogen (secondary N) is 1. The summed E-state index contributed by atoms with van der Waals surface area (Å²) in [7, 11) is 0. The highest BCUT2D eigenvalue weighted by molar-refractivity contribution is 7.10. The number of ether oxygens (including phenoxy) is 2. The van der Waals surface area contributed by atoms with Crippen LogP contribution in [-0.2, 0) is 16.0 Å². The van der Waals surface area contributed by atoms with Crippen LogP contribution in [-0.4, -0.2) is 49.8 Å². The normalized spacial score (nSPS) is 21.4. The van der Waals surface area contributed by atoms with E-state index < -0.39 is 6.10 Å². The molecule has 0 unspecified atom stereocenters. The van der Waals surface area contributed by atoms with Gasteiger partial charge in [-0.25, -0.2) is 0 Å². The fourth-order valence-electron chi connectivity index (χ4n) is 3.42. The Kier molecular flexibility index (Phi) is 5.01. The molecule has 0 saturated carbocycles. The summed E-state index contributed by atoms with van der Waals surface area (Å²) in [6, 6.07) is 12.2. The molecule has 0 aliphatic carbocycles. The van der Waals surface area contributed by atoms with Crippen molar-refractivity contribution in [1.29, 1.82) is 0 Å². The van der Waals surface area contributed by atoms with Crippen LogP contribution in [0.25, 0.3) is 0 Å². The number of nitrogens with zero attached hydrogens (tertiary/aromatic N) is 1. The molecule has 25 heavy (non-hydrogen) atoms. The molecule has 1 N–H and O–H groups in total. The lowest BCUT2D eigenvalue weighted by Crippen LogP contribution is -2.46. The van der Waals surface area contributed by atoms with Gasteiger partial charge in [0, 0.05) is 30.9 Å². The van der Waals surface area contributed by atoms with Gasteiger partial charge in [0.25, 0.3) is 5.91 Å². The second-order valence-electron chi connectivity index (χ2n) is 6.34. The van der Waals surface area contributed by atoms with Gasteiger partial charge in [0.2, 0.25) is 0 Å². The smallest absolute Gasteiger partial charge is 0.261 e. The number of benzene rings is 1. The quantitative estimate of drug-likeness (QED) is 0.891. The molecule has 1 fully saturated rings. The summed E-state index contributed by atoms with van der Waals surface area (Å²) in [5.74, 6) is 0.789.